The number of fused-ring (bicyclic) bond motifs is 1. The maximum absolute atomic E-state index is 13.4. The summed E-state index contributed by atoms with van der Waals surface area (Å²) in [5, 5.41) is 3.03. The van der Waals surface area contributed by atoms with Gasteiger partial charge in [0.15, 0.2) is 0 Å². The normalized spacial score (nSPS) is 11.0. The summed E-state index contributed by atoms with van der Waals surface area (Å²) in [5.41, 5.74) is 4.89. The molecule has 202 valence electrons. The second-order valence-corrected chi connectivity index (χ2v) is 10.5. The van der Waals surface area contributed by atoms with Crippen LogP contribution in [0.15, 0.2) is 110 Å². The first-order chi connectivity index (χ1) is 20.1. The zero-order valence-electron chi connectivity index (χ0n) is 22.3. The van der Waals surface area contributed by atoms with Gasteiger partial charge in [0.2, 0.25) is 5.95 Å². The molecular formula is C32H26N6O2S. The maximum Gasteiger partial charge on any atom is 0.268 e. The second kappa shape index (κ2) is 11.5. The van der Waals surface area contributed by atoms with Crippen molar-refractivity contribution in [2.75, 3.05) is 17.3 Å². The van der Waals surface area contributed by atoms with E-state index in [4.69, 9.17) is 4.98 Å². The Labute approximate surface area is 241 Å². The first kappa shape index (κ1) is 26.1. The fraction of sp³-hybridized carbons (Fsp3) is 0.0938. The molecule has 0 bridgehead atoms. The molecule has 0 saturated carbocycles. The molecule has 6 aromatic rings. The average Bonchev–Trinajstić information content (AvgIpc) is 3.65. The smallest absolute Gasteiger partial charge is 0.268 e. The van der Waals surface area contributed by atoms with Gasteiger partial charge in [-0.25, -0.2) is 4.98 Å². The number of anilines is 2. The molecule has 6 rings (SSSR count). The molecule has 9 heteroatoms. The van der Waals surface area contributed by atoms with Crippen LogP contribution in [0.3, 0.4) is 0 Å². The summed E-state index contributed by atoms with van der Waals surface area (Å²) in [4.78, 5) is 42.7. The number of nitrogens with one attached hydrogen (secondary N) is 1. The Morgan fingerprint density at radius 3 is 2.46 bits per heavy atom. The summed E-state index contributed by atoms with van der Waals surface area (Å²) in [6.45, 7) is 0.585. The quantitative estimate of drug-likeness (QED) is 0.236. The number of rotatable bonds is 8. The molecule has 0 atom stereocenters. The van der Waals surface area contributed by atoms with Crippen molar-refractivity contribution in [1.29, 1.82) is 0 Å². The van der Waals surface area contributed by atoms with E-state index in [1.165, 1.54) is 11.3 Å². The van der Waals surface area contributed by atoms with Gasteiger partial charge < -0.3 is 9.47 Å². The van der Waals surface area contributed by atoms with E-state index in [-0.39, 0.29) is 11.8 Å². The van der Waals surface area contributed by atoms with Crippen molar-refractivity contribution in [3.05, 3.63) is 126 Å². The molecule has 0 unspecified atom stereocenters. The van der Waals surface area contributed by atoms with Gasteiger partial charge in [-0.3, -0.25) is 24.9 Å². The Bertz CT molecular complexity index is 1820. The van der Waals surface area contributed by atoms with Gasteiger partial charge in [-0.2, -0.15) is 0 Å². The highest BCUT2D eigenvalue weighted by Crippen LogP contribution is 2.29. The highest BCUT2D eigenvalue weighted by Gasteiger charge is 2.19. The van der Waals surface area contributed by atoms with Crippen LogP contribution in [0.2, 0.25) is 0 Å². The van der Waals surface area contributed by atoms with Crippen molar-refractivity contribution in [1.82, 2.24) is 19.5 Å². The van der Waals surface area contributed by atoms with Gasteiger partial charge >= 0.3 is 0 Å². The lowest BCUT2D eigenvalue weighted by molar-refractivity contribution is 0.0991. The predicted molar refractivity (Wildman–Crippen MR) is 162 cm³/mol. The summed E-state index contributed by atoms with van der Waals surface area (Å²) >= 11 is 1.40. The topological polar surface area (TPSA) is 93.0 Å². The number of aryl methyl sites for hydroxylation is 2. The van der Waals surface area contributed by atoms with Crippen LogP contribution in [0.4, 0.5) is 11.6 Å². The number of nitrogens with zero attached hydrogens (tertiary/aromatic N) is 5. The van der Waals surface area contributed by atoms with Crippen LogP contribution in [0.5, 0.6) is 0 Å². The Balaban J connectivity index is 1.31. The number of hydrogen-bond acceptors (Lipinski definition) is 6. The summed E-state index contributed by atoms with van der Waals surface area (Å²) in [7, 11) is 1.75. The SMILES string of the molecule is CN(C(=O)c1ccccc1)c1ccc2c(c1)nc(NC(=O)c1ccc(-c3cccnc3)s1)n2CCc1cccnc1. The molecule has 4 aromatic heterocycles. The number of pyridine rings is 2. The third-order valence-electron chi connectivity index (χ3n) is 6.79. The van der Waals surface area contributed by atoms with Crippen LogP contribution in [0, 0.1) is 0 Å². The largest absolute Gasteiger partial charge is 0.311 e. The lowest BCUT2D eigenvalue weighted by Crippen LogP contribution is -2.26. The monoisotopic (exact) mass is 558 g/mol. The molecule has 2 amide bonds. The number of amides is 2. The molecule has 41 heavy (non-hydrogen) atoms. The molecule has 4 heterocycles. The average molecular weight is 559 g/mol. The number of carbonyl (C=O) groups excluding carboxylic acids is 2. The highest BCUT2D eigenvalue weighted by molar-refractivity contribution is 7.17. The van der Waals surface area contributed by atoms with Crippen molar-refractivity contribution in [3.63, 3.8) is 0 Å². The van der Waals surface area contributed by atoms with Crippen molar-refractivity contribution in [2.45, 2.75) is 13.0 Å². The minimum Gasteiger partial charge on any atom is -0.311 e. The number of carbonyl (C=O) groups is 2. The number of thiophene rings is 1. The van der Waals surface area contributed by atoms with E-state index in [0.717, 1.165) is 21.5 Å². The molecule has 0 aliphatic carbocycles. The first-order valence-corrected chi connectivity index (χ1v) is 13.9. The van der Waals surface area contributed by atoms with E-state index in [0.29, 0.717) is 40.6 Å². The predicted octanol–water partition coefficient (Wildman–Crippen LogP) is 6.33. The zero-order chi connectivity index (χ0) is 28.2. The number of aromatic nitrogens is 4. The Morgan fingerprint density at radius 2 is 1.71 bits per heavy atom. The molecule has 0 saturated heterocycles. The molecule has 0 radical (unpaired) electrons. The van der Waals surface area contributed by atoms with Crippen molar-refractivity contribution >= 4 is 45.8 Å². The van der Waals surface area contributed by atoms with Crippen LogP contribution in [0.25, 0.3) is 21.5 Å². The number of hydrogen-bond donors (Lipinski definition) is 1. The van der Waals surface area contributed by atoms with Gasteiger partial charge in [0.1, 0.15) is 0 Å². The number of benzene rings is 2. The van der Waals surface area contributed by atoms with Gasteiger partial charge in [0, 0.05) is 60.1 Å². The second-order valence-electron chi connectivity index (χ2n) is 9.46. The van der Waals surface area contributed by atoms with Crippen LogP contribution in [0.1, 0.15) is 25.6 Å². The fourth-order valence-electron chi connectivity index (χ4n) is 4.61. The summed E-state index contributed by atoms with van der Waals surface area (Å²) in [5.74, 6) is 0.0932. The lowest BCUT2D eigenvalue weighted by Gasteiger charge is -2.17. The van der Waals surface area contributed by atoms with E-state index in [1.54, 1.807) is 42.7 Å². The van der Waals surface area contributed by atoms with Gasteiger partial charge in [0.25, 0.3) is 11.8 Å². The third-order valence-corrected chi connectivity index (χ3v) is 7.93. The summed E-state index contributed by atoms with van der Waals surface area (Å²) in [6, 6.07) is 26.4. The Hall–Kier alpha value is -5.15. The van der Waals surface area contributed by atoms with E-state index in [2.05, 4.69) is 15.3 Å². The Kier molecular flexibility index (Phi) is 7.34. The van der Waals surface area contributed by atoms with Gasteiger partial charge in [-0.05, 0) is 66.6 Å². The zero-order valence-corrected chi connectivity index (χ0v) is 23.1. The van der Waals surface area contributed by atoms with E-state index in [1.807, 2.05) is 83.6 Å². The molecule has 0 spiro atoms. The van der Waals surface area contributed by atoms with Crippen LogP contribution < -0.4 is 10.2 Å². The van der Waals surface area contributed by atoms with Gasteiger partial charge in [-0.1, -0.05) is 30.3 Å². The van der Waals surface area contributed by atoms with E-state index in [9.17, 15) is 9.59 Å². The molecule has 1 N–H and O–H groups in total. The van der Waals surface area contributed by atoms with Gasteiger partial charge in [-0.15, -0.1) is 11.3 Å². The van der Waals surface area contributed by atoms with Crippen molar-refractivity contribution < 1.29 is 9.59 Å². The van der Waals surface area contributed by atoms with Crippen molar-refractivity contribution in [3.8, 4) is 10.4 Å². The van der Waals surface area contributed by atoms with Crippen LogP contribution >= 0.6 is 11.3 Å². The standard InChI is InChI=1S/C32H26N6O2S/c1-37(31(40)23-8-3-2-4-9-23)25-11-12-27-26(19-25)35-32(38(27)18-15-22-7-5-16-33-20-22)36-30(39)29-14-13-28(41-29)24-10-6-17-34-21-24/h2-14,16-17,19-21H,15,18H2,1H3,(H,35,36,39). The van der Waals surface area contributed by atoms with Crippen LogP contribution in [-0.2, 0) is 13.0 Å². The van der Waals surface area contributed by atoms with E-state index < -0.39 is 0 Å². The third kappa shape index (κ3) is 5.61. The minimum absolute atomic E-state index is 0.114. The van der Waals surface area contributed by atoms with Crippen LogP contribution in [-0.4, -0.2) is 38.4 Å². The molecular weight excluding hydrogens is 532 g/mol. The van der Waals surface area contributed by atoms with E-state index >= 15 is 0 Å². The molecule has 2 aromatic carbocycles. The molecule has 0 aliphatic rings. The summed E-state index contributed by atoms with van der Waals surface area (Å²) < 4.78 is 2.00. The minimum atomic E-state index is -0.236. The maximum atomic E-state index is 13.4. The molecule has 8 nitrogen and oxygen atoms in total. The van der Waals surface area contributed by atoms with Gasteiger partial charge in [0.05, 0.1) is 15.9 Å². The first-order valence-electron chi connectivity index (χ1n) is 13.1. The van der Waals surface area contributed by atoms with Crippen molar-refractivity contribution in [2.24, 2.45) is 0 Å². The number of imidazole rings is 1. The highest BCUT2D eigenvalue weighted by atomic mass is 32.1. The summed E-state index contributed by atoms with van der Waals surface area (Å²) in [6.07, 6.45) is 7.80. The Morgan fingerprint density at radius 1 is 0.902 bits per heavy atom. The molecule has 0 aliphatic heterocycles. The lowest BCUT2D eigenvalue weighted by atomic mass is 10.2. The fourth-order valence-corrected chi connectivity index (χ4v) is 5.51. The molecule has 0 fully saturated rings.